The molecule has 0 unspecified atom stereocenters. The summed E-state index contributed by atoms with van der Waals surface area (Å²) in [5.41, 5.74) is 0.483. The van der Waals surface area contributed by atoms with Crippen molar-refractivity contribution in [3.8, 4) is 5.75 Å². The molecule has 0 saturated heterocycles. The number of carbonyl (C=O) groups is 2. The number of methoxy groups -OCH3 is 1. The Bertz CT molecular complexity index is 467. The minimum atomic E-state index is -0.434. The maximum Gasteiger partial charge on any atom is 0.325 e. The third-order valence-corrected chi connectivity index (χ3v) is 2.60. The first kappa shape index (κ1) is 15.8. The fraction of sp³-hybridized carbons (Fsp3) is 0.333. The maximum atomic E-state index is 12.3. The van der Waals surface area contributed by atoms with Gasteiger partial charge < -0.3 is 14.4 Å². The minimum Gasteiger partial charge on any atom is -0.497 e. The summed E-state index contributed by atoms with van der Waals surface area (Å²) in [5, 5.41) is 0. The predicted octanol–water partition coefficient (Wildman–Crippen LogP) is 1.89. The molecular formula is C15H19NO4. The highest BCUT2D eigenvalue weighted by Crippen LogP contribution is 2.13. The van der Waals surface area contributed by atoms with Crippen LogP contribution in [0.2, 0.25) is 0 Å². The number of benzene rings is 1. The Morgan fingerprint density at radius 1 is 1.30 bits per heavy atom. The Morgan fingerprint density at radius 3 is 2.45 bits per heavy atom. The Labute approximate surface area is 118 Å². The van der Waals surface area contributed by atoms with E-state index in [2.05, 4.69) is 6.58 Å². The van der Waals surface area contributed by atoms with Crippen molar-refractivity contribution in [2.24, 2.45) is 0 Å². The van der Waals surface area contributed by atoms with Crippen LogP contribution in [0.3, 0.4) is 0 Å². The zero-order valence-corrected chi connectivity index (χ0v) is 11.8. The number of carbonyl (C=O) groups excluding carboxylic acids is 2. The summed E-state index contributed by atoms with van der Waals surface area (Å²) in [6.07, 6.45) is 1.57. The zero-order chi connectivity index (χ0) is 15.0. The fourth-order valence-corrected chi connectivity index (χ4v) is 1.65. The van der Waals surface area contributed by atoms with Crippen LogP contribution in [0.1, 0.15) is 17.3 Å². The van der Waals surface area contributed by atoms with Gasteiger partial charge in [0.2, 0.25) is 0 Å². The molecule has 108 valence electrons. The van der Waals surface area contributed by atoms with Gasteiger partial charge in [-0.05, 0) is 31.2 Å². The van der Waals surface area contributed by atoms with E-state index in [1.807, 2.05) is 0 Å². The Morgan fingerprint density at radius 2 is 1.95 bits per heavy atom. The summed E-state index contributed by atoms with van der Waals surface area (Å²) in [6, 6.07) is 6.71. The molecule has 0 spiro atoms. The number of amides is 1. The second-order valence-electron chi connectivity index (χ2n) is 4.01. The smallest absolute Gasteiger partial charge is 0.325 e. The van der Waals surface area contributed by atoms with Crippen LogP contribution >= 0.6 is 0 Å². The van der Waals surface area contributed by atoms with Gasteiger partial charge in [0.25, 0.3) is 5.91 Å². The molecule has 0 N–H and O–H groups in total. The number of hydrogen-bond donors (Lipinski definition) is 0. The van der Waals surface area contributed by atoms with E-state index in [4.69, 9.17) is 9.47 Å². The van der Waals surface area contributed by atoms with Gasteiger partial charge in [0.1, 0.15) is 12.3 Å². The molecule has 0 saturated carbocycles. The Kier molecular flexibility index (Phi) is 6.29. The lowest BCUT2D eigenvalue weighted by Gasteiger charge is -2.20. The summed E-state index contributed by atoms with van der Waals surface area (Å²) in [5.74, 6) is -0.0148. The van der Waals surface area contributed by atoms with Gasteiger partial charge in [-0.3, -0.25) is 9.59 Å². The summed E-state index contributed by atoms with van der Waals surface area (Å²) < 4.78 is 9.89. The quantitative estimate of drug-likeness (QED) is 0.564. The largest absolute Gasteiger partial charge is 0.497 e. The third-order valence-electron chi connectivity index (χ3n) is 2.60. The molecule has 0 heterocycles. The van der Waals surface area contributed by atoms with Crippen molar-refractivity contribution in [3.63, 3.8) is 0 Å². The number of ether oxygens (including phenoxy) is 2. The summed E-state index contributed by atoms with van der Waals surface area (Å²) in [7, 11) is 1.56. The first-order valence-electron chi connectivity index (χ1n) is 6.32. The highest BCUT2D eigenvalue weighted by atomic mass is 16.5. The second-order valence-corrected chi connectivity index (χ2v) is 4.01. The molecule has 0 aliphatic heterocycles. The van der Waals surface area contributed by atoms with Gasteiger partial charge >= 0.3 is 5.97 Å². The van der Waals surface area contributed by atoms with Crippen LogP contribution in [0.15, 0.2) is 36.9 Å². The fourth-order valence-electron chi connectivity index (χ4n) is 1.65. The number of rotatable bonds is 7. The number of esters is 1. The second kappa shape index (κ2) is 7.99. The highest BCUT2D eigenvalue weighted by molar-refractivity contribution is 5.96. The maximum absolute atomic E-state index is 12.3. The average Bonchev–Trinajstić information content (AvgIpc) is 2.46. The van der Waals surface area contributed by atoms with Gasteiger partial charge in [-0.25, -0.2) is 0 Å². The van der Waals surface area contributed by atoms with E-state index in [9.17, 15) is 9.59 Å². The van der Waals surface area contributed by atoms with Crippen molar-refractivity contribution in [1.82, 2.24) is 4.90 Å². The molecule has 1 aromatic rings. The number of hydrogen-bond acceptors (Lipinski definition) is 4. The van der Waals surface area contributed by atoms with E-state index in [0.717, 1.165) is 0 Å². The molecule has 0 atom stereocenters. The summed E-state index contributed by atoms with van der Waals surface area (Å²) >= 11 is 0. The van der Waals surface area contributed by atoms with Crippen molar-refractivity contribution in [1.29, 1.82) is 0 Å². The molecule has 5 heteroatoms. The van der Waals surface area contributed by atoms with Crippen molar-refractivity contribution >= 4 is 11.9 Å². The lowest BCUT2D eigenvalue weighted by Crippen LogP contribution is -2.36. The number of nitrogens with zero attached hydrogens (tertiary/aromatic N) is 1. The molecule has 1 aromatic carbocycles. The van der Waals surface area contributed by atoms with E-state index in [1.165, 1.54) is 4.90 Å². The molecule has 0 aliphatic carbocycles. The van der Waals surface area contributed by atoms with E-state index in [0.29, 0.717) is 11.3 Å². The van der Waals surface area contributed by atoms with Crippen LogP contribution in [0, 0.1) is 0 Å². The monoisotopic (exact) mass is 277 g/mol. The minimum absolute atomic E-state index is 0.0925. The molecule has 1 rings (SSSR count). The molecule has 0 radical (unpaired) electrons. The molecule has 0 aromatic heterocycles. The van der Waals surface area contributed by atoms with Gasteiger partial charge in [-0.2, -0.15) is 0 Å². The van der Waals surface area contributed by atoms with Gasteiger partial charge in [0, 0.05) is 12.1 Å². The van der Waals surface area contributed by atoms with Crippen LogP contribution in [-0.2, 0) is 9.53 Å². The SMILES string of the molecule is C=CCN(CC(=O)OCC)C(=O)c1ccc(OC)cc1. The molecule has 5 nitrogen and oxygen atoms in total. The van der Waals surface area contributed by atoms with Crippen molar-refractivity contribution in [3.05, 3.63) is 42.5 Å². The normalized spacial score (nSPS) is 9.70. The van der Waals surface area contributed by atoms with Crippen LogP contribution in [0.25, 0.3) is 0 Å². The topological polar surface area (TPSA) is 55.8 Å². The summed E-state index contributed by atoms with van der Waals surface area (Å²) in [4.78, 5) is 25.2. The molecule has 20 heavy (non-hydrogen) atoms. The zero-order valence-electron chi connectivity index (χ0n) is 11.8. The first-order chi connectivity index (χ1) is 9.62. The van der Waals surface area contributed by atoms with Crippen molar-refractivity contribution in [2.45, 2.75) is 6.92 Å². The van der Waals surface area contributed by atoms with Gasteiger partial charge in [-0.15, -0.1) is 6.58 Å². The molecule has 1 amide bonds. The molecule has 0 fully saturated rings. The standard InChI is InChI=1S/C15H19NO4/c1-4-10-16(11-14(17)20-5-2)15(18)12-6-8-13(19-3)9-7-12/h4,6-9H,1,5,10-11H2,2-3H3. The van der Waals surface area contributed by atoms with E-state index in [1.54, 1.807) is 44.4 Å². The van der Waals surface area contributed by atoms with E-state index < -0.39 is 5.97 Å². The average molecular weight is 277 g/mol. The van der Waals surface area contributed by atoms with Gasteiger partial charge in [0.15, 0.2) is 0 Å². The van der Waals surface area contributed by atoms with Crippen LogP contribution < -0.4 is 4.74 Å². The van der Waals surface area contributed by atoms with Gasteiger partial charge in [0.05, 0.1) is 13.7 Å². The van der Waals surface area contributed by atoms with Crippen LogP contribution in [0.5, 0.6) is 5.75 Å². The van der Waals surface area contributed by atoms with Crippen LogP contribution in [-0.4, -0.2) is 43.6 Å². The third kappa shape index (κ3) is 4.42. The lowest BCUT2D eigenvalue weighted by molar-refractivity contribution is -0.143. The Hall–Kier alpha value is -2.30. The van der Waals surface area contributed by atoms with Gasteiger partial charge in [-0.1, -0.05) is 6.08 Å². The van der Waals surface area contributed by atoms with Crippen molar-refractivity contribution < 1.29 is 19.1 Å². The highest BCUT2D eigenvalue weighted by Gasteiger charge is 2.18. The first-order valence-corrected chi connectivity index (χ1v) is 6.32. The van der Waals surface area contributed by atoms with E-state index in [-0.39, 0.29) is 25.6 Å². The van der Waals surface area contributed by atoms with E-state index >= 15 is 0 Å². The van der Waals surface area contributed by atoms with Crippen molar-refractivity contribution in [2.75, 3.05) is 26.8 Å². The Balaban J connectivity index is 2.81. The molecule has 0 aliphatic rings. The molecular weight excluding hydrogens is 258 g/mol. The van der Waals surface area contributed by atoms with Crippen LogP contribution in [0.4, 0.5) is 0 Å². The lowest BCUT2D eigenvalue weighted by atomic mass is 10.2. The summed E-state index contributed by atoms with van der Waals surface area (Å²) in [6.45, 7) is 5.79. The molecule has 0 bridgehead atoms. The predicted molar refractivity (Wildman–Crippen MR) is 75.7 cm³/mol.